The molecule has 170 valence electrons. The van der Waals surface area contributed by atoms with Crippen LogP contribution in [0.15, 0.2) is 24.3 Å². The standard InChI is InChI=1S/C23H32FN3O4/c1-23(2,3)27(22(30)31)18(12-16-6-4-5-7-19(16)24)13-20(28)26-11-10-17(14-26)25-21(29)15-8-9-15/h4-7,15,17-18H,8-14H2,1-3H3,(H,25,29)(H,30,31)/t17-,18+/m0/s1. The van der Waals surface area contributed by atoms with Gasteiger partial charge in [0.2, 0.25) is 11.8 Å². The number of hydrogen-bond donors (Lipinski definition) is 2. The average molecular weight is 434 g/mol. The smallest absolute Gasteiger partial charge is 0.408 e. The van der Waals surface area contributed by atoms with Crippen LogP contribution in [0, 0.1) is 11.7 Å². The summed E-state index contributed by atoms with van der Waals surface area (Å²) in [5.74, 6) is -0.421. The highest BCUT2D eigenvalue weighted by Gasteiger charge is 2.38. The van der Waals surface area contributed by atoms with Crippen molar-refractivity contribution in [3.05, 3.63) is 35.6 Å². The summed E-state index contributed by atoms with van der Waals surface area (Å²) in [5.41, 5.74) is -0.375. The molecule has 1 aromatic carbocycles. The van der Waals surface area contributed by atoms with Crippen LogP contribution in [0.5, 0.6) is 0 Å². The topological polar surface area (TPSA) is 90.0 Å². The molecule has 1 aromatic rings. The van der Waals surface area contributed by atoms with Gasteiger partial charge in [0.15, 0.2) is 0 Å². The van der Waals surface area contributed by atoms with Gasteiger partial charge in [0.25, 0.3) is 0 Å². The predicted octanol–water partition coefficient (Wildman–Crippen LogP) is 3.03. The first-order valence-corrected chi connectivity index (χ1v) is 10.9. The number of amides is 3. The highest BCUT2D eigenvalue weighted by molar-refractivity contribution is 5.82. The molecule has 8 heteroatoms. The lowest BCUT2D eigenvalue weighted by Crippen LogP contribution is -2.53. The number of carbonyl (C=O) groups excluding carboxylic acids is 2. The van der Waals surface area contributed by atoms with Crippen molar-refractivity contribution in [3.8, 4) is 0 Å². The largest absolute Gasteiger partial charge is 0.465 e. The number of nitrogens with one attached hydrogen (secondary N) is 1. The van der Waals surface area contributed by atoms with Gasteiger partial charge in [0.1, 0.15) is 5.82 Å². The summed E-state index contributed by atoms with van der Waals surface area (Å²) in [7, 11) is 0. The number of nitrogens with zero attached hydrogens (tertiary/aromatic N) is 2. The predicted molar refractivity (Wildman–Crippen MR) is 114 cm³/mol. The van der Waals surface area contributed by atoms with Gasteiger partial charge >= 0.3 is 6.09 Å². The second-order valence-electron chi connectivity index (χ2n) is 9.59. The highest BCUT2D eigenvalue weighted by Crippen LogP contribution is 2.29. The van der Waals surface area contributed by atoms with Crippen molar-refractivity contribution in [1.82, 2.24) is 15.1 Å². The monoisotopic (exact) mass is 433 g/mol. The molecule has 0 radical (unpaired) electrons. The van der Waals surface area contributed by atoms with Gasteiger partial charge in [-0.3, -0.25) is 14.5 Å². The molecule has 0 unspecified atom stereocenters. The number of benzene rings is 1. The summed E-state index contributed by atoms with van der Waals surface area (Å²) < 4.78 is 14.3. The molecule has 2 aliphatic rings. The van der Waals surface area contributed by atoms with Crippen LogP contribution >= 0.6 is 0 Å². The van der Waals surface area contributed by atoms with E-state index in [1.165, 1.54) is 11.0 Å². The number of halogens is 1. The lowest BCUT2D eigenvalue weighted by molar-refractivity contribution is -0.132. The maximum absolute atomic E-state index is 14.3. The third-order valence-electron chi connectivity index (χ3n) is 5.95. The van der Waals surface area contributed by atoms with Gasteiger partial charge in [-0.1, -0.05) is 18.2 Å². The highest BCUT2D eigenvalue weighted by atomic mass is 19.1. The zero-order valence-electron chi connectivity index (χ0n) is 18.4. The molecule has 31 heavy (non-hydrogen) atoms. The second kappa shape index (κ2) is 9.24. The molecule has 0 aromatic heterocycles. The zero-order chi connectivity index (χ0) is 22.8. The zero-order valence-corrected chi connectivity index (χ0v) is 18.4. The van der Waals surface area contributed by atoms with E-state index in [0.29, 0.717) is 25.1 Å². The third kappa shape index (κ3) is 5.95. The maximum atomic E-state index is 14.3. The number of carbonyl (C=O) groups is 3. The summed E-state index contributed by atoms with van der Waals surface area (Å²) in [6.45, 7) is 6.23. The molecule has 7 nitrogen and oxygen atoms in total. The molecule has 1 saturated heterocycles. The van der Waals surface area contributed by atoms with Gasteiger partial charge < -0.3 is 15.3 Å². The Morgan fingerprint density at radius 3 is 2.48 bits per heavy atom. The van der Waals surface area contributed by atoms with Crippen molar-refractivity contribution >= 4 is 17.9 Å². The van der Waals surface area contributed by atoms with E-state index in [2.05, 4.69) is 5.32 Å². The van der Waals surface area contributed by atoms with Gasteiger partial charge in [-0.2, -0.15) is 0 Å². The number of carboxylic acid groups (broad SMARTS) is 1. The Hall–Kier alpha value is -2.64. The molecule has 3 amide bonds. The fraction of sp³-hybridized carbons (Fsp3) is 0.609. The molecule has 1 heterocycles. The lowest BCUT2D eigenvalue weighted by atomic mass is 9.95. The second-order valence-corrected chi connectivity index (χ2v) is 9.59. The van der Waals surface area contributed by atoms with Gasteiger partial charge in [0, 0.05) is 43.1 Å². The molecular weight excluding hydrogens is 401 g/mol. The quantitative estimate of drug-likeness (QED) is 0.692. The van der Waals surface area contributed by atoms with Crippen molar-refractivity contribution in [3.63, 3.8) is 0 Å². The molecule has 1 saturated carbocycles. The summed E-state index contributed by atoms with van der Waals surface area (Å²) >= 11 is 0. The summed E-state index contributed by atoms with van der Waals surface area (Å²) in [6, 6.07) is 5.46. The Labute approximate surface area is 182 Å². The molecule has 1 aliphatic heterocycles. The Morgan fingerprint density at radius 1 is 1.23 bits per heavy atom. The minimum absolute atomic E-state index is 0.0405. The molecular formula is C23H32FN3O4. The van der Waals surface area contributed by atoms with Crippen LogP contribution in [0.2, 0.25) is 0 Å². The summed E-state index contributed by atoms with van der Waals surface area (Å²) in [6.07, 6.45) is 1.47. The van der Waals surface area contributed by atoms with Crippen LogP contribution < -0.4 is 5.32 Å². The van der Waals surface area contributed by atoms with Crippen molar-refractivity contribution < 1.29 is 23.9 Å². The fourth-order valence-electron chi connectivity index (χ4n) is 4.26. The van der Waals surface area contributed by atoms with Gasteiger partial charge in [-0.15, -0.1) is 0 Å². The average Bonchev–Trinajstić information content (AvgIpc) is 3.41. The van der Waals surface area contributed by atoms with Crippen LogP contribution in [0.25, 0.3) is 0 Å². The Balaban J connectivity index is 1.71. The normalized spacial score (nSPS) is 19.7. The van der Waals surface area contributed by atoms with Crippen LogP contribution in [0.3, 0.4) is 0 Å². The van der Waals surface area contributed by atoms with Crippen molar-refractivity contribution in [2.24, 2.45) is 5.92 Å². The maximum Gasteiger partial charge on any atom is 0.408 e. The van der Waals surface area contributed by atoms with Crippen molar-refractivity contribution in [2.75, 3.05) is 13.1 Å². The Kier molecular flexibility index (Phi) is 6.86. The molecule has 2 fully saturated rings. The lowest BCUT2D eigenvalue weighted by Gasteiger charge is -2.40. The van der Waals surface area contributed by atoms with Gasteiger partial charge in [0.05, 0.1) is 0 Å². The minimum Gasteiger partial charge on any atom is -0.465 e. The molecule has 0 bridgehead atoms. The van der Waals surface area contributed by atoms with E-state index in [-0.39, 0.29) is 36.6 Å². The first kappa shape index (κ1) is 23.0. The van der Waals surface area contributed by atoms with Crippen molar-refractivity contribution in [2.45, 2.75) is 70.5 Å². The molecule has 0 spiro atoms. The van der Waals surface area contributed by atoms with Gasteiger partial charge in [-0.25, -0.2) is 9.18 Å². The van der Waals surface area contributed by atoms with Crippen LogP contribution in [0.1, 0.15) is 52.0 Å². The molecule has 2 N–H and O–H groups in total. The van der Waals surface area contributed by atoms with Gasteiger partial charge in [-0.05, 0) is 58.1 Å². The minimum atomic E-state index is -1.14. The van der Waals surface area contributed by atoms with E-state index < -0.39 is 23.5 Å². The van der Waals surface area contributed by atoms with E-state index in [0.717, 1.165) is 12.8 Å². The molecule has 1 aliphatic carbocycles. The van der Waals surface area contributed by atoms with E-state index >= 15 is 0 Å². The number of likely N-dealkylation sites (tertiary alicyclic amines) is 1. The fourth-order valence-corrected chi connectivity index (χ4v) is 4.26. The first-order valence-electron chi connectivity index (χ1n) is 10.9. The van der Waals surface area contributed by atoms with Crippen molar-refractivity contribution in [1.29, 1.82) is 0 Å². The van der Waals surface area contributed by atoms with E-state index in [1.54, 1.807) is 43.9 Å². The Bertz CT molecular complexity index is 834. The summed E-state index contributed by atoms with van der Waals surface area (Å²) in [5, 5.41) is 12.9. The van der Waals surface area contributed by atoms with Crippen LogP contribution in [0.4, 0.5) is 9.18 Å². The summed E-state index contributed by atoms with van der Waals surface area (Å²) in [4.78, 5) is 40.1. The van der Waals surface area contributed by atoms with Crippen LogP contribution in [-0.4, -0.2) is 63.5 Å². The number of hydrogen-bond acceptors (Lipinski definition) is 3. The SMILES string of the molecule is CC(C)(C)N(C(=O)O)[C@@H](CC(=O)N1CC[C@H](NC(=O)C2CC2)C1)Cc1ccccc1F. The molecule has 3 rings (SSSR count). The van der Waals surface area contributed by atoms with E-state index in [1.807, 2.05) is 0 Å². The van der Waals surface area contributed by atoms with E-state index in [9.17, 15) is 23.9 Å². The molecule has 2 atom stereocenters. The Morgan fingerprint density at radius 2 is 1.90 bits per heavy atom. The van der Waals surface area contributed by atoms with Crippen LogP contribution in [-0.2, 0) is 16.0 Å². The third-order valence-corrected chi connectivity index (χ3v) is 5.95. The van der Waals surface area contributed by atoms with E-state index in [4.69, 9.17) is 0 Å². The first-order chi connectivity index (χ1) is 14.6. The number of rotatable bonds is 7.